The van der Waals surface area contributed by atoms with Gasteiger partial charge in [0.2, 0.25) is 0 Å². The molecule has 4 nitrogen and oxygen atoms in total. The third kappa shape index (κ3) is 1.91. The molecule has 0 N–H and O–H groups in total. The van der Waals surface area contributed by atoms with Gasteiger partial charge < -0.3 is 4.74 Å². The molecule has 0 unspecified atom stereocenters. The van der Waals surface area contributed by atoms with Gasteiger partial charge in [-0.15, -0.1) is 11.3 Å². The normalized spacial score (nSPS) is 15.5. The van der Waals surface area contributed by atoms with E-state index < -0.39 is 0 Å². The molecule has 0 amide bonds. The Balaban J connectivity index is 1.78. The van der Waals surface area contributed by atoms with Crippen molar-refractivity contribution >= 4 is 38.7 Å². The van der Waals surface area contributed by atoms with E-state index in [1.807, 2.05) is 12.1 Å². The number of rotatable bonds is 0. The van der Waals surface area contributed by atoms with Crippen molar-refractivity contribution in [1.82, 2.24) is 4.57 Å². The Morgan fingerprint density at radius 2 is 1.83 bits per heavy atom. The lowest BCUT2D eigenvalue weighted by Gasteiger charge is -2.24. The van der Waals surface area contributed by atoms with Gasteiger partial charge in [-0.1, -0.05) is 44.2 Å². The standard InChI is InChI=1S/C24H15N3OS/c1-24(2)10-16(13(11-25)12-26)22-19(24)21-23(29-22)27-17-8-4-3-6-14(17)15-7-5-9-18(28-21)20(15)27/h3-9H,10H2,1-2H3. The first-order valence-corrected chi connectivity index (χ1v) is 10.3. The summed E-state index contributed by atoms with van der Waals surface area (Å²) in [4.78, 5) is 1.01. The molecule has 2 aromatic carbocycles. The summed E-state index contributed by atoms with van der Waals surface area (Å²) < 4.78 is 8.78. The number of aromatic nitrogens is 1. The molecule has 3 heterocycles. The van der Waals surface area contributed by atoms with Crippen LogP contribution in [0.4, 0.5) is 0 Å². The summed E-state index contributed by atoms with van der Waals surface area (Å²) in [6.45, 7) is 4.32. The van der Waals surface area contributed by atoms with Gasteiger partial charge in [0.05, 0.1) is 11.0 Å². The fourth-order valence-electron chi connectivity index (χ4n) is 4.84. The number of ether oxygens (including phenoxy) is 1. The van der Waals surface area contributed by atoms with Gasteiger partial charge in [-0.05, 0) is 29.5 Å². The van der Waals surface area contributed by atoms with Crippen molar-refractivity contribution in [3.63, 3.8) is 0 Å². The van der Waals surface area contributed by atoms with Gasteiger partial charge in [0.1, 0.15) is 22.7 Å². The average molecular weight is 393 g/mol. The van der Waals surface area contributed by atoms with Crippen LogP contribution in [0.3, 0.4) is 0 Å². The predicted molar refractivity (Wildman–Crippen MR) is 115 cm³/mol. The highest BCUT2D eigenvalue weighted by molar-refractivity contribution is 7.16. The SMILES string of the molecule is CC1(C)CC(=C(C#N)C#N)c2sc3c(c21)Oc1cccc2c4ccccc4n-3c12. The monoisotopic (exact) mass is 393 g/mol. The van der Waals surface area contributed by atoms with E-state index in [4.69, 9.17) is 4.74 Å². The minimum Gasteiger partial charge on any atom is -0.452 e. The van der Waals surface area contributed by atoms with Crippen molar-refractivity contribution in [1.29, 1.82) is 10.5 Å². The molecule has 138 valence electrons. The Morgan fingerprint density at radius 3 is 2.62 bits per heavy atom. The van der Waals surface area contributed by atoms with Gasteiger partial charge in [-0.3, -0.25) is 4.57 Å². The number of nitriles is 2. The third-order valence-corrected chi connectivity index (χ3v) is 7.23. The number of hydrogen-bond donors (Lipinski definition) is 0. The molecule has 29 heavy (non-hydrogen) atoms. The summed E-state index contributed by atoms with van der Waals surface area (Å²) in [7, 11) is 0. The number of hydrogen-bond acceptors (Lipinski definition) is 4. The molecule has 0 bridgehead atoms. The van der Waals surface area contributed by atoms with Crippen LogP contribution in [-0.2, 0) is 5.41 Å². The van der Waals surface area contributed by atoms with E-state index in [1.165, 1.54) is 10.8 Å². The minimum absolute atomic E-state index is 0.204. The summed E-state index contributed by atoms with van der Waals surface area (Å²) in [5.41, 5.74) is 4.16. The van der Waals surface area contributed by atoms with E-state index in [9.17, 15) is 10.5 Å². The van der Waals surface area contributed by atoms with Crippen molar-refractivity contribution in [3.05, 3.63) is 58.5 Å². The Labute approximate surface area is 171 Å². The summed E-state index contributed by atoms with van der Waals surface area (Å²) in [6, 6.07) is 18.8. The van der Waals surface area contributed by atoms with E-state index in [2.05, 4.69) is 60.9 Å². The van der Waals surface area contributed by atoms with E-state index in [0.717, 1.165) is 43.5 Å². The first-order valence-electron chi connectivity index (χ1n) is 9.46. The summed E-state index contributed by atoms with van der Waals surface area (Å²) >= 11 is 1.63. The van der Waals surface area contributed by atoms with Crippen LogP contribution in [-0.4, -0.2) is 4.57 Å². The van der Waals surface area contributed by atoms with Gasteiger partial charge in [-0.25, -0.2) is 0 Å². The number of thiophene rings is 1. The second kappa shape index (κ2) is 5.29. The van der Waals surface area contributed by atoms with Crippen LogP contribution < -0.4 is 4.74 Å². The van der Waals surface area contributed by atoms with Crippen LogP contribution in [0.25, 0.3) is 32.4 Å². The molecule has 0 spiro atoms. The highest BCUT2D eigenvalue weighted by Gasteiger charge is 2.43. The number of benzene rings is 2. The first kappa shape index (κ1) is 16.4. The quantitative estimate of drug-likeness (QED) is 0.285. The number of allylic oxidation sites excluding steroid dienone is 2. The van der Waals surface area contributed by atoms with E-state index in [0.29, 0.717) is 6.42 Å². The van der Waals surface area contributed by atoms with Crippen LogP contribution >= 0.6 is 11.3 Å². The maximum Gasteiger partial charge on any atom is 0.167 e. The molecule has 0 atom stereocenters. The third-order valence-electron chi connectivity index (χ3n) is 6.01. The molecule has 2 aliphatic rings. The molecule has 0 radical (unpaired) electrons. The summed E-state index contributed by atoms with van der Waals surface area (Å²) in [5, 5.41) is 22.4. The lowest BCUT2D eigenvalue weighted by atomic mass is 9.86. The molecule has 1 aliphatic heterocycles. The van der Waals surface area contributed by atoms with Crippen LogP contribution in [0.5, 0.6) is 11.5 Å². The Bertz CT molecular complexity index is 1490. The second-order valence-electron chi connectivity index (χ2n) is 8.19. The molecule has 1 aliphatic carbocycles. The zero-order valence-electron chi connectivity index (χ0n) is 15.9. The van der Waals surface area contributed by atoms with Crippen molar-refractivity contribution in [2.24, 2.45) is 0 Å². The predicted octanol–water partition coefficient (Wildman–Crippen LogP) is 6.43. The van der Waals surface area contributed by atoms with E-state index >= 15 is 0 Å². The van der Waals surface area contributed by atoms with Crippen molar-refractivity contribution in [3.8, 4) is 28.6 Å². The number of para-hydroxylation sites is 2. The van der Waals surface area contributed by atoms with Crippen LogP contribution in [0, 0.1) is 22.7 Å². The smallest absolute Gasteiger partial charge is 0.167 e. The Kier molecular flexibility index (Phi) is 2.99. The van der Waals surface area contributed by atoms with Gasteiger partial charge >= 0.3 is 0 Å². The topological polar surface area (TPSA) is 61.7 Å². The zero-order chi connectivity index (χ0) is 19.9. The van der Waals surface area contributed by atoms with Crippen LogP contribution in [0.15, 0.2) is 48.0 Å². The minimum atomic E-state index is -0.206. The molecule has 0 saturated heterocycles. The highest BCUT2D eigenvalue weighted by Crippen LogP contribution is 2.60. The maximum absolute atomic E-state index is 9.50. The molecule has 0 saturated carbocycles. The van der Waals surface area contributed by atoms with Crippen molar-refractivity contribution in [2.45, 2.75) is 25.7 Å². The van der Waals surface area contributed by atoms with Gasteiger partial charge in [-0.2, -0.15) is 10.5 Å². The molecular weight excluding hydrogens is 378 g/mol. The maximum atomic E-state index is 9.50. The molecule has 6 rings (SSSR count). The van der Waals surface area contributed by atoms with Crippen LogP contribution in [0.2, 0.25) is 0 Å². The fraction of sp³-hybridized carbons (Fsp3) is 0.167. The zero-order valence-corrected chi connectivity index (χ0v) is 16.7. The van der Waals surface area contributed by atoms with Gasteiger partial charge in [0.25, 0.3) is 0 Å². The number of fused-ring (bicyclic) bond motifs is 7. The Morgan fingerprint density at radius 1 is 1.07 bits per heavy atom. The molecule has 5 heteroatoms. The summed E-state index contributed by atoms with van der Waals surface area (Å²) in [5.74, 6) is 1.71. The number of nitrogens with zero attached hydrogens (tertiary/aromatic N) is 3. The molecule has 2 aromatic heterocycles. The second-order valence-corrected chi connectivity index (χ2v) is 9.18. The highest BCUT2D eigenvalue weighted by atomic mass is 32.1. The fourth-order valence-corrected chi connectivity index (χ4v) is 6.32. The first-order chi connectivity index (χ1) is 14.0. The Hall–Kier alpha value is -3.54. The largest absolute Gasteiger partial charge is 0.452 e. The van der Waals surface area contributed by atoms with E-state index in [1.54, 1.807) is 11.3 Å². The van der Waals surface area contributed by atoms with Crippen LogP contribution in [0.1, 0.15) is 30.7 Å². The van der Waals surface area contributed by atoms with Gasteiger partial charge in [0, 0.05) is 21.2 Å². The van der Waals surface area contributed by atoms with Crippen molar-refractivity contribution < 1.29 is 4.74 Å². The lowest BCUT2D eigenvalue weighted by Crippen LogP contribution is -2.14. The van der Waals surface area contributed by atoms with Gasteiger partial charge in [0.15, 0.2) is 11.5 Å². The average Bonchev–Trinajstić information content (AvgIpc) is 3.34. The van der Waals surface area contributed by atoms with Crippen molar-refractivity contribution in [2.75, 3.05) is 0 Å². The summed E-state index contributed by atoms with van der Waals surface area (Å²) in [6.07, 6.45) is 0.671. The molecular formula is C24H15N3OS. The molecule has 0 fully saturated rings. The lowest BCUT2D eigenvalue weighted by molar-refractivity contribution is 0.451. The van der Waals surface area contributed by atoms with E-state index in [-0.39, 0.29) is 11.0 Å². The molecule has 4 aromatic rings.